The number of aromatic nitrogens is 3. The Balaban J connectivity index is 2.47. The fraction of sp³-hybridized carbons (Fsp3) is 0.273. The number of nitrogens with zero attached hydrogens (tertiary/aromatic N) is 3. The molecule has 0 aromatic carbocycles. The topological polar surface area (TPSA) is 42.7 Å². The van der Waals surface area contributed by atoms with Crippen LogP contribution in [0.2, 0.25) is 0 Å². The molecule has 0 saturated heterocycles. The molecule has 0 spiro atoms. The first-order valence-electron chi connectivity index (χ1n) is 4.69. The zero-order chi connectivity index (χ0) is 10.8. The molecule has 0 radical (unpaired) electrons. The Bertz CT molecular complexity index is 533. The highest BCUT2D eigenvalue weighted by Crippen LogP contribution is 2.18. The van der Waals surface area contributed by atoms with Gasteiger partial charge in [-0.1, -0.05) is 5.92 Å². The molecule has 0 atom stereocenters. The number of rotatable bonds is 2. The highest BCUT2D eigenvalue weighted by Gasteiger charge is 2.06. The Morgan fingerprint density at radius 3 is 3.13 bits per heavy atom. The van der Waals surface area contributed by atoms with Crippen molar-refractivity contribution in [2.45, 2.75) is 6.92 Å². The van der Waals surface area contributed by atoms with Gasteiger partial charge in [0.05, 0.1) is 24.1 Å². The number of pyridine rings is 1. The van der Waals surface area contributed by atoms with Crippen LogP contribution in [0.3, 0.4) is 0 Å². The molecule has 0 fully saturated rings. The van der Waals surface area contributed by atoms with Crippen molar-refractivity contribution >= 4 is 16.7 Å². The summed E-state index contributed by atoms with van der Waals surface area (Å²) in [6, 6.07) is 2.02. The van der Waals surface area contributed by atoms with E-state index in [1.807, 2.05) is 20.0 Å². The lowest BCUT2D eigenvalue weighted by atomic mass is 10.2. The predicted octanol–water partition coefficient (Wildman–Crippen LogP) is 1.32. The molecule has 2 aromatic heterocycles. The smallest absolute Gasteiger partial charge is 0.157 e. The van der Waals surface area contributed by atoms with Crippen molar-refractivity contribution in [3.05, 3.63) is 18.0 Å². The molecule has 4 heteroatoms. The minimum absolute atomic E-state index is 0.506. The molecule has 0 bridgehead atoms. The molecule has 0 unspecified atom stereocenters. The van der Waals surface area contributed by atoms with Gasteiger partial charge < -0.3 is 5.32 Å². The average molecular weight is 200 g/mol. The monoisotopic (exact) mass is 200 g/mol. The molecular weight excluding hydrogens is 188 g/mol. The normalized spacial score (nSPS) is 10.2. The molecule has 0 saturated carbocycles. The second-order valence-electron chi connectivity index (χ2n) is 3.36. The third-order valence-corrected chi connectivity index (χ3v) is 2.26. The number of hydrogen-bond acceptors (Lipinski definition) is 3. The van der Waals surface area contributed by atoms with E-state index in [4.69, 9.17) is 6.42 Å². The summed E-state index contributed by atoms with van der Waals surface area (Å²) in [6.45, 7) is 2.47. The minimum atomic E-state index is 0.506. The molecular formula is C11H12N4. The summed E-state index contributed by atoms with van der Waals surface area (Å²) in [5, 5.41) is 8.44. The number of fused-ring (bicyclic) bond motifs is 1. The molecule has 4 nitrogen and oxygen atoms in total. The number of aryl methyl sites for hydroxylation is 2. The van der Waals surface area contributed by atoms with E-state index in [1.54, 1.807) is 10.9 Å². The van der Waals surface area contributed by atoms with Crippen LogP contribution in [0.25, 0.3) is 11.0 Å². The quantitative estimate of drug-likeness (QED) is 0.743. The van der Waals surface area contributed by atoms with Gasteiger partial charge in [-0.3, -0.25) is 4.68 Å². The molecule has 0 amide bonds. The number of anilines is 1. The Kier molecular flexibility index (Phi) is 2.30. The Labute approximate surface area is 88.3 Å². The van der Waals surface area contributed by atoms with E-state index in [1.165, 1.54) is 0 Å². The van der Waals surface area contributed by atoms with Crippen molar-refractivity contribution < 1.29 is 0 Å². The van der Waals surface area contributed by atoms with Crippen molar-refractivity contribution in [1.82, 2.24) is 14.8 Å². The first-order chi connectivity index (χ1) is 7.22. The van der Waals surface area contributed by atoms with Crippen LogP contribution >= 0.6 is 0 Å². The molecule has 2 heterocycles. The van der Waals surface area contributed by atoms with Crippen LogP contribution in [0.1, 0.15) is 5.69 Å². The lowest BCUT2D eigenvalue weighted by Gasteiger charge is -2.01. The molecule has 0 aliphatic heterocycles. The number of hydrogen-bond donors (Lipinski definition) is 1. The van der Waals surface area contributed by atoms with Gasteiger partial charge in [0, 0.05) is 12.4 Å². The van der Waals surface area contributed by atoms with Crippen molar-refractivity contribution in [2.24, 2.45) is 7.05 Å². The fourth-order valence-corrected chi connectivity index (χ4v) is 1.56. The van der Waals surface area contributed by atoms with Crippen LogP contribution < -0.4 is 5.32 Å². The number of nitrogens with one attached hydrogen (secondary N) is 1. The number of terminal acetylenes is 1. The average Bonchev–Trinajstić information content (AvgIpc) is 2.52. The van der Waals surface area contributed by atoms with Crippen LogP contribution in [0.15, 0.2) is 12.3 Å². The molecule has 0 aliphatic carbocycles. The van der Waals surface area contributed by atoms with E-state index in [-0.39, 0.29) is 0 Å². The van der Waals surface area contributed by atoms with Crippen LogP contribution in [0, 0.1) is 19.3 Å². The van der Waals surface area contributed by atoms with Gasteiger partial charge in [0.1, 0.15) is 0 Å². The lowest BCUT2D eigenvalue weighted by molar-refractivity contribution is 0.774. The summed E-state index contributed by atoms with van der Waals surface area (Å²) >= 11 is 0. The van der Waals surface area contributed by atoms with Gasteiger partial charge in [-0.05, 0) is 13.0 Å². The van der Waals surface area contributed by atoms with Gasteiger partial charge in [0.15, 0.2) is 5.65 Å². The Morgan fingerprint density at radius 2 is 2.40 bits per heavy atom. The van der Waals surface area contributed by atoms with Crippen molar-refractivity contribution in [3.8, 4) is 12.3 Å². The van der Waals surface area contributed by atoms with Gasteiger partial charge >= 0.3 is 0 Å². The fourth-order valence-electron chi connectivity index (χ4n) is 1.56. The molecule has 1 N–H and O–H groups in total. The summed E-state index contributed by atoms with van der Waals surface area (Å²) in [5.74, 6) is 2.52. The summed E-state index contributed by atoms with van der Waals surface area (Å²) in [5.41, 5.74) is 2.79. The Morgan fingerprint density at radius 1 is 1.60 bits per heavy atom. The minimum Gasteiger partial charge on any atom is -0.373 e. The van der Waals surface area contributed by atoms with E-state index >= 15 is 0 Å². The largest absolute Gasteiger partial charge is 0.373 e. The maximum atomic E-state index is 5.17. The third-order valence-electron chi connectivity index (χ3n) is 2.26. The van der Waals surface area contributed by atoms with E-state index < -0.39 is 0 Å². The lowest BCUT2D eigenvalue weighted by Crippen LogP contribution is -1.99. The summed E-state index contributed by atoms with van der Waals surface area (Å²) in [4.78, 5) is 4.32. The third kappa shape index (κ3) is 1.64. The van der Waals surface area contributed by atoms with Crippen LogP contribution in [-0.4, -0.2) is 21.3 Å². The van der Waals surface area contributed by atoms with E-state index in [0.29, 0.717) is 6.54 Å². The molecule has 15 heavy (non-hydrogen) atoms. The van der Waals surface area contributed by atoms with Gasteiger partial charge in [-0.2, -0.15) is 5.10 Å². The van der Waals surface area contributed by atoms with Crippen molar-refractivity contribution in [3.63, 3.8) is 0 Å². The molecule has 2 rings (SSSR count). The van der Waals surface area contributed by atoms with Crippen LogP contribution in [0.4, 0.5) is 5.69 Å². The Hall–Kier alpha value is -2.02. The molecule has 2 aromatic rings. The van der Waals surface area contributed by atoms with Gasteiger partial charge in [0.25, 0.3) is 0 Å². The van der Waals surface area contributed by atoms with Crippen molar-refractivity contribution in [2.75, 3.05) is 11.9 Å². The van der Waals surface area contributed by atoms with Crippen molar-refractivity contribution in [1.29, 1.82) is 0 Å². The molecule has 76 valence electrons. The summed E-state index contributed by atoms with van der Waals surface area (Å²) in [6.07, 6.45) is 6.94. The van der Waals surface area contributed by atoms with E-state index in [9.17, 15) is 0 Å². The first-order valence-corrected chi connectivity index (χ1v) is 4.69. The van der Waals surface area contributed by atoms with Gasteiger partial charge in [-0.15, -0.1) is 6.42 Å². The van der Waals surface area contributed by atoms with E-state index in [2.05, 4.69) is 21.3 Å². The standard InChI is InChI=1S/C11H12N4/c1-4-5-12-9-6-10-8(2)14-15(3)11(10)13-7-9/h1,6-7,12H,5H2,2-3H3. The highest BCUT2D eigenvalue weighted by atomic mass is 15.3. The first kappa shape index (κ1) is 9.53. The van der Waals surface area contributed by atoms with Crippen LogP contribution in [0.5, 0.6) is 0 Å². The SMILES string of the molecule is C#CCNc1cnc2c(c1)c(C)nn2C. The zero-order valence-corrected chi connectivity index (χ0v) is 8.78. The molecule has 0 aliphatic rings. The summed E-state index contributed by atoms with van der Waals surface area (Å²) < 4.78 is 1.77. The van der Waals surface area contributed by atoms with Crippen LogP contribution in [-0.2, 0) is 7.05 Å². The maximum absolute atomic E-state index is 5.17. The highest BCUT2D eigenvalue weighted by molar-refractivity contribution is 5.81. The summed E-state index contributed by atoms with van der Waals surface area (Å²) in [7, 11) is 1.89. The second kappa shape index (κ2) is 3.62. The van der Waals surface area contributed by atoms with Gasteiger partial charge in [-0.25, -0.2) is 4.98 Å². The zero-order valence-electron chi connectivity index (χ0n) is 8.78. The second-order valence-corrected chi connectivity index (χ2v) is 3.36. The van der Waals surface area contributed by atoms with E-state index in [0.717, 1.165) is 22.4 Å². The predicted molar refractivity (Wildman–Crippen MR) is 60.6 cm³/mol. The van der Waals surface area contributed by atoms with Gasteiger partial charge in [0.2, 0.25) is 0 Å². The maximum Gasteiger partial charge on any atom is 0.157 e.